The number of benzene rings is 2. The van der Waals surface area contributed by atoms with E-state index in [4.69, 9.17) is 4.74 Å². The lowest BCUT2D eigenvalue weighted by atomic mass is 10.1. The topological polar surface area (TPSA) is 105 Å². The number of anilines is 3. The summed E-state index contributed by atoms with van der Waals surface area (Å²) < 4.78 is 62.6. The molecule has 1 saturated heterocycles. The van der Waals surface area contributed by atoms with Gasteiger partial charge in [-0.15, -0.1) is 11.3 Å². The maximum Gasteiger partial charge on any atom is 0.271 e. The second kappa shape index (κ2) is 9.62. The highest BCUT2D eigenvalue weighted by atomic mass is 32.2. The van der Waals surface area contributed by atoms with Gasteiger partial charge in [-0.3, -0.25) is 9.44 Å². The average molecular weight is 508 g/mol. The minimum atomic E-state index is -4.01. The normalized spacial score (nSPS) is 14.6. The van der Waals surface area contributed by atoms with Gasteiger partial charge in [0, 0.05) is 18.8 Å². The van der Waals surface area contributed by atoms with Crippen LogP contribution in [0.25, 0.3) is 0 Å². The van der Waals surface area contributed by atoms with Gasteiger partial charge >= 0.3 is 0 Å². The van der Waals surface area contributed by atoms with Crippen molar-refractivity contribution >= 4 is 48.4 Å². The zero-order chi connectivity index (χ0) is 23.5. The number of sulfonamides is 2. The van der Waals surface area contributed by atoms with Crippen LogP contribution in [0.2, 0.25) is 0 Å². The van der Waals surface area contributed by atoms with Crippen LogP contribution in [-0.4, -0.2) is 37.0 Å². The van der Waals surface area contributed by atoms with Crippen molar-refractivity contribution in [2.45, 2.75) is 28.4 Å². The zero-order valence-electron chi connectivity index (χ0n) is 18.0. The van der Waals surface area contributed by atoms with Crippen LogP contribution in [0.4, 0.5) is 17.1 Å². The van der Waals surface area contributed by atoms with E-state index < -0.39 is 20.0 Å². The molecule has 4 rings (SSSR count). The van der Waals surface area contributed by atoms with E-state index in [-0.39, 0.29) is 14.8 Å². The third-order valence-electron chi connectivity index (χ3n) is 5.30. The summed E-state index contributed by atoms with van der Waals surface area (Å²) in [5, 5.41) is 1.67. The van der Waals surface area contributed by atoms with Crippen LogP contribution < -0.4 is 19.1 Å². The minimum Gasteiger partial charge on any atom is -0.497 e. The van der Waals surface area contributed by atoms with Crippen LogP contribution in [0.5, 0.6) is 5.75 Å². The standard InChI is InChI=1S/C22H25N3O5S3/c1-30-19-10-7-17(8-11-19)23-32(26,27)21-16-18(24-33(28,29)22-6-5-15-31-22)9-12-20(21)25-13-3-2-4-14-25/h5-12,15-16,23-24H,2-4,13-14H2,1H3. The molecule has 2 aromatic carbocycles. The number of hydrogen-bond donors (Lipinski definition) is 2. The van der Waals surface area contributed by atoms with Gasteiger partial charge in [0.15, 0.2) is 0 Å². The maximum atomic E-state index is 13.4. The fourth-order valence-electron chi connectivity index (χ4n) is 3.68. The molecule has 1 fully saturated rings. The van der Waals surface area contributed by atoms with Gasteiger partial charge in [0.05, 0.1) is 18.5 Å². The molecule has 0 atom stereocenters. The number of ether oxygens (including phenoxy) is 1. The Labute approximate surface area is 198 Å². The first-order valence-corrected chi connectivity index (χ1v) is 14.3. The maximum absolute atomic E-state index is 13.4. The number of thiophene rings is 1. The van der Waals surface area contributed by atoms with Crippen LogP contribution in [-0.2, 0) is 20.0 Å². The molecule has 2 N–H and O–H groups in total. The Morgan fingerprint density at radius 2 is 1.52 bits per heavy atom. The monoisotopic (exact) mass is 507 g/mol. The molecule has 176 valence electrons. The first-order chi connectivity index (χ1) is 15.8. The van der Waals surface area contributed by atoms with E-state index in [0.29, 0.717) is 17.1 Å². The molecule has 0 saturated carbocycles. The summed E-state index contributed by atoms with van der Waals surface area (Å²) in [7, 11) is -6.29. The average Bonchev–Trinajstić information content (AvgIpc) is 3.36. The Kier molecular flexibility index (Phi) is 6.82. The van der Waals surface area contributed by atoms with Gasteiger partial charge in [-0.2, -0.15) is 0 Å². The molecule has 0 aliphatic carbocycles. The van der Waals surface area contributed by atoms with Gasteiger partial charge < -0.3 is 9.64 Å². The van der Waals surface area contributed by atoms with Crippen molar-refractivity contribution in [2.24, 2.45) is 0 Å². The summed E-state index contributed by atoms with van der Waals surface area (Å²) in [4.78, 5) is 2.05. The van der Waals surface area contributed by atoms with E-state index in [1.165, 1.54) is 19.2 Å². The number of rotatable bonds is 8. The van der Waals surface area contributed by atoms with Crippen LogP contribution in [0.15, 0.2) is 69.1 Å². The summed E-state index contributed by atoms with van der Waals surface area (Å²) >= 11 is 1.09. The largest absolute Gasteiger partial charge is 0.497 e. The van der Waals surface area contributed by atoms with E-state index in [2.05, 4.69) is 9.44 Å². The Morgan fingerprint density at radius 1 is 0.848 bits per heavy atom. The molecule has 1 aliphatic rings. The summed E-state index contributed by atoms with van der Waals surface area (Å²) in [6.07, 6.45) is 3.04. The second-order valence-corrected chi connectivity index (χ2v) is 12.1. The van der Waals surface area contributed by atoms with Gasteiger partial charge in [-0.1, -0.05) is 6.07 Å². The quantitative estimate of drug-likeness (QED) is 0.470. The zero-order valence-corrected chi connectivity index (χ0v) is 20.5. The highest BCUT2D eigenvalue weighted by Gasteiger charge is 2.25. The molecule has 2 heterocycles. The number of nitrogens with zero attached hydrogens (tertiary/aromatic N) is 1. The SMILES string of the molecule is COc1ccc(NS(=O)(=O)c2cc(NS(=O)(=O)c3cccs3)ccc2N2CCCCC2)cc1. The molecule has 0 spiro atoms. The molecule has 8 nitrogen and oxygen atoms in total. The lowest BCUT2D eigenvalue weighted by molar-refractivity contribution is 0.415. The fourth-order valence-corrected chi connectivity index (χ4v) is 7.03. The smallest absolute Gasteiger partial charge is 0.271 e. The first-order valence-electron chi connectivity index (χ1n) is 10.4. The minimum absolute atomic E-state index is 0.0200. The summed E-state index contributed by atoms with van der Waals surface area (Å²) in [6, 6.07) is 14.3. The van der Waals surface area contributed by atoms with Crippen molar-refractivity contribution in [3.8, 4) is 5.75 Å². The molecule has 0 amide bonds. The molecule has 3 aromatic rings. The van der Waals surface area contributed by atoms with Crippen LogP contribution in [0, 0.1) is 0 Å². The lowest BCUT2D eigenvalue weighted by Crippen LogP contribution is -2.31. The Morgan fingerprint density at radius 3 is 2.15 bits per heavy atom. The third-order valence-corrected chi connectivity index (χ3v) is 9.49. The van der Waals surface area contributed by atoms with E-state index in [0.717, 1.165) is 43.7 Å². The van der Waals surface area contributed by atoms with E-state index in [1.54, 1.807) is 47.8 Å². The number of piperidine rings is 1. The molecule has 33 heavy (non-hydrogen) atoms. The van der Waals surface area contributed by atoms with Gasteiger partial charge in [0.25, 0.3) is 20.0 Å². The summed E-state index contributed by atoms with van der Waals surface area (Å²) in [5.74, 6) is 0.608. The summed E-state index contributed by atoms with van der Waals surface area (Å²) in [5.41, 5.74) is 1.11. The highest BCUT2D eigenvalue weighted by Crippen LogP contribution is 2.33. The molecule has 11 heteroatoms. The van der Waals surface area contributed by atoms with Gasteiger partial charge in [-0.25, -0.2) is 16.8 Å². The Balaban J connectivity index is 1.71. The van der Waals surface area contributed by atoms with Crippen LogP contribution in [0.1, 0.15) is 19.3 Å². The predicted molar refractivity (Wildman–Crippen MR) is 131 cm³/mol. The molecule has 0 bridgehead atoms. The number of hydrogen-bond acceptors (Lipinski definition) is 7. The Bertz CT molecular complexity index is 1300. The van der Waals surface area contributed by atoms with Gasteiger partial charge in [-0.05, 0) is 73.2 Å². The molecule has 0 unspecified atom stereocenters. The van der Waals surface area contributed by atoms with Crippen molar-refractivity contribution < 1.29 is 21.6 Å². The Hall–Kier alpha value is -2.76. The van der Waals surface area contributed by atoms with Gasteiger partial charge in [0.1, 0.15) is 14.9 Å². The molecule has 1 aliphatic heterocycles. The van der Waals surface area contributed by atoms with Crippen molar-refractivity contribution in [3.05, 3.63) is 60.0 Å². The first kappa shape index (κ1) is 23.4. The fraction of sp³-hybridized carbons (Fsp3) is 0.273. The second-order valence-electron chi connectivity index (χ2n) is 7.60. The van der Waals surface area contributed by atoms with Crippen molar-refractivity contribution in [1.82, 2.24) is 0 Å². The third kappa shape index (κ3) is 5.43. The van der Waals surface area contributed by atoms with Crippen LogP contribution in [0.3, 0.4) is 0 Å². The molecular weight excluding hydrogens is 482 g/mol. The molecule has 1 aromatic heterocycles. The van der Waals surface area contributed by atoms with E-state index >= 15 is 0 Å². The lowest BCUT2D eigenvalue weighted by Gasteiger charge is -2.30. The van der Waals surface area contributed by atoms with Crippen LogP contribution >= 0.6 is 11.3 Å². The molecule has 0 radical (unpaired) electrons. The van der Waals surface area contributed by atoms with Gasteiger partial charge in [0.2, 0.25) is 0 Å². The summed E-state index contributed by atoms with van der Waals surface area (Å²) in [6.45, 7) is 1.48. The van der Waals surface area contributed by atoms with E-state index in [1.807, 2.05) is 4.90 Å². The number of methoxy groups -OCH3 is 1. The number of nitrogens with one attached hydrogen (secondary N) is 2. The van der Waals surface area contributed by atoms with E-state index in [9.17, 15) is 16.8 Å². The molecular formula is C22H25N3O5S3. The van der Waals surface area contributed by atoms with Crippen molar-refractivity contribution in [3.63, 3.8) is 0 Å². The highest BCUT2D eigenvalue weighted by molar-refractivity contribution is 7.94. The van der Waals surface area contributed by atoms with Crippen molar-refractivity contribution in [1.29, 1.82) is 0 Å². The van der Waals surface area contributed by atoms with Crippen molar-refractivity contribution in [2.75, 3.05) is 34.5 Å². The predicted octanol–water partition coefficient (Wildman–Crippen LogP) is 4.35.